The lowest BCUT2D eigenvalue weighted by atomic mass is 10.0. The molecule has 0 aromatic heterocycles. The summed E-state index contributed by atoms with van der Waals surface area (Å²) in [5.41, 5.74) is 6.23. The number of benzene rings is 1. The minimum atomic E-state index is -0.626. The molecule has 0 saturated carbocycles. The predicted octanol–water partition coefficient (Wildman–Crippen LogP) is 1.73. The standard InChI is InChI=1S/C11H13F2NO2/c12-8-3-7(4-9(13)5-8)10(14)6-11-15-1-2-16-11/h3-5,10-11H,1-2,6,14H2. The van der Waals surface area contributed by atoms with Crippen molar-refractivity contribution in [1.29, 1.82) is 0 Å². The summed E-state index contributed by atoms with van der Waals surface area (Å²) in [5, 5.41) is 0. The molecule has 1 aromatic carbocycles. The average Bonchev–Trinajstić information content (AvgIpc) is 2.68. The molecule has 5 heteroatoms. The minimum absolute atomic E-state index is 0.374. The van der Waals surface area contributed by atoms with Gasteiger partial charge in [-0.05, 0) is 17.7 Å². The van der Waals surface area contributed by atoms with Crippen molar-refractivity contribution in [2.75, 3.05) is 13.2 Å². The van der Waals surface area contributed by atoms with Gasteiger partial charge in [0.25, 0.3) is 0 Å². The van der Waals surface area contributed by atoms with E-state index in [0.717, 1.165) is 6.07 Å². The zero-order chi connectivity index (χ0) is 11.5. The van der Waals surface area contributed by atoms with Crippen molar-refractivity contribution >= 4 is 0 Å². The van der Waals surface area contributed by atoms with Crippen LogP contribution < -0.4 is 5.73 Å². The molecule has 0 spiro atoms. The van der Waals surface area contributed by atoms with Crippen LogP contribution in [0.3, 0.4) is 0 Å². The molecule has 1 atom stereocenters. The molecule has 2 N–H and O–H groups in total. The van der Waals surface area contributed by atoms with Crippen LogP contribution in [0, 0.1) is 11.6 Å². The molecule has 2 rings (SSSR count). The summed E-state index contributed by atoms with van der Waals surface area (Å²) >= 11 is 0. The van der Waals surface area contributed by atoms with E-state index in [9.17, 15) is 8.78 Å². The third-order valence-electron chi connectivity index (χ3n) is 2.45. The van der Waals surface area contributed by atoms with Gasteiger partial charge in [-0.15, -0.1) is 0 Å². The van der Waals surface area contributed by atoms with Crippen LogP contribution >= 0.6 is 0 Å². The molecule has 1 aromatic rings. The Morgan fingerprint density at radius 2 is 1.75 bits per heavy atom. The lowest BCUT2D eigenvalue weighted by molar-refractivity contribution is -0.0508. The van der Waals surface area contributed by atoms with Crippen molar-refractivity contribution < 1.29 is 18.3 Å². The Kier molecular flexibility index (Phi) is 3.48. The number of ether oxygens (including phenoxy) is 2. The minimum Gasteiger partial charge on any atom is -0.350 e. The molecule has 0 aliphatic carbocycles. The van der Waals surface area contributed by atoms with Gasteiger partial charge in [-0.2, -0.15) is 0 Å². The van der Waals surface area contributed by atoms with E-state index in [4.69, 9.17) is 15.2 Å². The van der Waals surface area contributed by atoms with Crippen LogP contribution in [-0.4, -0.2) is 19.5 Å². The molecule has 1 aliphatic heterocycles. The first-order chi connectivity index (χ1) is 7.65. The number of halogens is 2. The van der Waals surface area contributed by atoms with Gasteiger partial charge >= 0.3 is 0 Å². The van der Waals surface area contributed by atoms with Crippen molar-refractivity contribution in [3.63, 3.8) is 0 Å². The molecule has 3 nitrogen and oxygen atoms in total. The van der Waals surface area contributed by atoms with E-state index in [1.54, 1.807) is 0 Å². The van der Waals surface area contributed by atoms with Crippen molar-refractivity contribution in [2.24, 2.45) is 5.73 Å². The van der Waals surface area contributed by atoms with Crippen molar-refractivity contribution in [1.82, 2.24) is 0 Å². The van der Waals surface area contributed by atoms with Gasteiger partial charge in [0.05, 0.1) is 13.2 Å². The van der Waals surface area contributed by atoms with Crippen LogP contribution in [0.1, 0.15) is 18.0 Å². The summed E-state index contributed by atoms with van der Waals surface area (Å²) in [6.07, 6.45) is 0.0180. The summed E-state index contributed by atoms with van der Waals surface area (Å²) in [6.45, 7) is 1.07. The monoisotopic (exact) mass is 229 g/mol. The fraction of sp³-hybridized carbons (Fsp3) is 0.455. The van der Waals surface area contributed by atoms with Gasteiger partial charge in [-0.3, -0.25) is 0 Å². The molecule has 88 valence electrons. The second-order valence-electron chi connectivity index (χ2n) is 3.72. The highest BCUT2D eigenvalue weighted by Crippen LogP contribution is 2.21. The Labute approximate surface area is 92.1 Å². The molecule has 1 fully saturated rings. The first kappa shape index (κ1) is 11.4. The summed E-state index contributed by atoms with van der Waals surface area (Å²) < 4.78 is 36.3. The van der Waals surface area contributed by atoms with Gasteiger partial charge in [-0.25, -0.2) is 8.78 Å². The lowest BCUT2D eigenvalue weighted by Crippen LogP contribution is -2.19. The maximum absolute atomic E-state index is 12.9. The number of hydrogen-bond donors (Lipinski definition) is 1. The molecular formula is C11H13F2NO2. The van der Waals surface area contributed by atoms with Crippen molar-refractivity contribution in [3.8, 4) is 0 Å². The van der Waals surface area contributed by atoms with Crippen LogP contribution in [0.5, 0.6) is 0 Å². The Balaban J connectivity index is 2.04. The van der Waals surface area contributed by atoms with Gasteiger partial charge in [-0.1, -0.05) is 0 Å². The summed E-state index contributed by atoms with van der Waals surface area (Å²) in [7, 11) is 0. The normalized spacial score (nSPS) is 18.9. The van der Waals surface area contributed by atoms with Gasteiger partial charge in [0.2, 0.25) is 0 Å². The largest absolute Gasteiger partial charge is 0.350 e. The van der Waals surface area contributed by atoms with Gasteiger partial charge in [0.15, 0.2) is 6.29 Å². The quantitative estimate of drug-likeness (QED) is 0.858. The number of hydrogen-bond acceptors (Lipinski definition) is 3. The first-order valence-electron chi connectivity index (χ1n) is 5.10. The molecule has 16 heavy (non-hydrogen) atoms. The van der Waals surface area contributed by atoms with E-state index in [2.05, 4.69) is 0 Å². The molecule has 1 aliphatic rings. The topological polar surface area (TPSA) is 44.5 Å². The molecule has 0 bridgehead atoms. The maximum Gasteiger partial charge on any atom is 0.159 e. The highest BCUT2D eigenvalue weighted by Gasteiger charge is 2.20. The second kappa shape index (κ2) is 4.86. The fourth-order valence-corrected chi connectivity index (χ4v) is 1.68. The Bertz CT molecular complexity index is 347. The van der Waals surface area contributed by atoms with Crippen LogP contribution in [-0.2, 0) is 9.47 Å². The van der Waals surface area contributed by atoms with Crippen LogP contribution in [0.15, 0.2) is 18.2 Å². The predicted molar refractivity (Wildman–Crippen MR) is 53.6 cm³/mol. The highest BCUT2D eigenvalue weighted by molar-refractivity contribution is 5.21. The Morgan fingerprint density at radius 3 is 2.31 bits per heavy atom. The molecular weight excluding hydrogens is 216 g/mol. The molecule has 0 radical (unpaired) electrons. The van der Waals surface area contributed by atoms with Crippen LogP contribution in [0.4, 0.5) is 8.78 Å². The zero-order valence-corrected chi connectivity index (χ0v) is 8.66. The summed E-state index contributed by atoms with van der Waals surface area (Å²) in [4.78, 5) is 0. The van der Waals surface area contributed by atoms with E-state index in [1.807, 2.05) is 0 Å². The number of rotatable bonds is 3. The third kappa shape index (κ3) is 2.75. The average molecular weight is 229 g/mol. The smallest absolute Gasteiger partial charge is 0.159 e. The summed E-state index contributed by atoms with van der Waals surface area (Å²) in [6, 6.07) is 2.78. The van der Waals surface area contributed by atoms with E-state index in [1.165, 1.54) is 12.1 Å². The second-order valence-corrected chi connectivity index (χ2v) is 3.72. The van der Waals surface area contributed by atoms with Crippen molar-refractivity contribution in [3.05, 3.63) is 35.4 Å². The summed E-state index contributed by atoms with van der Waals surface area (Å²) in [5.74, 6) is -1.25. The van der Waals surface area contributed by atoms with E-state index in [-0.39, 0.29) is 6.29 Å². The fourth-order valence-electron chi connectivity index (χ4n) is 1.68. The molecule has 0 amide bonds. The maximum atomic E-state index is 12.9. The first-order valence-corrected chi connectivity index (χ1v) is 5.10. The molecule has 1 unspecified atom stereocenters. The number of nitrogens with two attached hydrogens (primary N) is 1. The molecule has 1 heterocycles. The SMILES string of the molecule is NC(CC1OCCO1)c1cc(F)cc(F)c1. The van der Waals surface area contributed by atoms with E-state index < -0.39 is 17.7 Å². The van der Waals surface area contributed by atoms with Crippen molar-refractivity contribution in [2.45, 2.75) is 18.8 Å². The Hall–Kier alpha value is -1.04. The highest BCUT2D eigenvalue weighted by atomic mass is 19.1. The zero-order valence-electron chi connectivity index (χ0n) is 8.66. The van der Waals surface area contributed by atoms with Gasteiger partial charge < -0.3 is 15.2 Å². The lowest BCUT2D eigenvalue weighted by Gasteiger charge is -2.16. The van der Waals surface area contributed by atoms with Crippen LogP contribution in [0.2, 0.25) is 0 Å². The molecule has 1 saturated heterocycles. The Morgan fingerprint density at radius 1 is 1.19 bits per heavy atom. The van der Waals surface area contributed by atoms with Gasteiger partial charge in [0.1, 0.15) is 11.6 Å². The van der Waals surface area contributed by atoms with E-state index >= 15 is 0 Å². The third-order valence-corrected chi connectivity index (χ3v) is 2.45. The van der Waals surface area contributed by atoms with Crippen LogP contribution in [0.25, 0.3) is 0 Å². The van der Waals surface area contributed by atoms with Gasteiger partial charge in [0, 0.05) is 18.5 Å². The van der Waals surface area contributed by atoms with E-state index in [0.29, 0.717) is 25.2 Å².